The Morgan fingerprint density at radius 3 is 1.11 bits per heavy atom. The van der Waals surface area contributed by atoms with Gasteiger partial charge in [-0.25, -0.2) is 0 Å². The fourth-order valence-corrected chi connectivity index (χ4v) is 18.0. The SMILES string of the molecule is Cc1ccc(N(c2ccc(-c3ccc(-c4cc[c]([Ge]([c]5ccccc5)([c]5ccccc5)[c]5ccccc5)cc4)cc3)cc2)c2ccc3ccccc3c2)cc1. The van der Waals surface area contributed by atoms with E-state index in [4.69, 9.17) is 0 Å². The summed E-state index contributed by atoms with van der Waals surface area (Å²) in [6, 6.07) is 85.0. The number of rotatable bonds is 9. The van der Waals surface area contributed by atoms with Crippen molar-refractivity contribution in [2.75, 3.05) is 4.90 Å². The molecule has 0 aliphatic rings. The van der Waals surface area contributed by atoms with Gasteiger partial charge < -0.3 is 4.90 Å². The van der Waals surface area contributed by atoms with Crippen LogP contribution in [0.4, 0.5) is 17.1 Å². The van der Waals surface area contributed by atoms with Crippen molar-refractivity contribution < 1.29 is 0 Å². The van der Waals surface area contributed by atoms with Gasteiger partial charge in [-0.2, -0.15) is 0 Å². The van der Waals surface area contributed by atoms with Gasteiger partial charge in [0.1, 0.15) is 0 Å². The standard InChI is InChI=1S/C53H41GeN/c1-40-21-34-51(35-22-40)55(53-38-31-41-13-11-12-14-46(41)39-53)52-36-29-45(30-37-52)43-25-23-42(24-26-43)44-27-32-50(33-28-44)54(47-15-5-2-6-16-47,48-17-7-3-8-18-48)49-19-9-4-10-20-49/h2-39H,1H3. The molecule has 9 aromatic carbocycles. The molecule has 0 N–H and O–H groups in total. The summed E-state index contributed by atoms with van der Waals surface area (Å²) >= 11 is -3.28. The molecular weight excluding hydrogens is 723 g/mol. The summed E-state index contributed by atoms with van der Waals surface area (Å²) in [7, 11) is 0. The molecule has 55 heavy (non-hydrogen) atoms. The fourth-order valence-electron chi connectivity index (χ4n) is 8.09. The van der Waals surface area contributed by atoms with Gasteiger partial charge in [-0.3, -0.25) is 0 Å². The maximum atomic E-state index is 2.39. The molecule has 0 radical (unpaired) electrons. The monoisotopic (exact) mass is 765 g/mol. The Morgan fingerprint density at radius 2 is 0.636 bits per heavy atom. The molecule has 0 bridgehead atoms. The Hall–Kier alpha value is -6.42. The zero-order valence-electron chi connectivity index (χ0n) is 30.9. The van der Waals surface area contributed by atoms with E-state index in [-0.39, 0.29) is 0 Å². The van der Waals surface area contributed by atoms with E-state index in [0.717, 1.165) is 17.1 Å². The molecule has 0 spiro atoms. The third-order valence-electron chi connectivity index (χ3n) is 10.9. The molecule has 0 amide bonds. The largest absolute Gasteiger partial charge is 0.0616 e. The van der Waals surface area contributed by atoms with Crippen molar-refractivity contribution in [3.63, 3.8) is 0 Å². The van der Waals surface area contributed by atoms with Crippen molar-refractivity contribution in [1.82, 2.24) is 0 Å². The minimum Gasteiger partial charge on any atom is -0.0616 e. The maximum absolute atomic E-state index is 3.28. The van der Waals surface area contributed by atoms with Crippen molar-refractivity contribution in [2.24, 2.45) is 0 Å². The van der Waals surface area contributed by atoms with E-state index in [0.29, 0.717) is 0 Å². The van der Waals surface area contributed by atoms with Gasteiger partial charge in [-0.15, -0.1) is 0 Å². The van der Waals surface area contributed by atoms with Gasteiger partial charge in [0.25, 0.3) is 0 Å². The van der Waals surface area contributed by atoms with E-state index >= 15 is 0 Å². The Bertz CT molecular complexity index is 2560. The molecular formula is C53H41GeN. The van der Waals surface area contributed by atoms with E-state index < -0.39 is 13.3 Å². The van der Waals surface area contributed by atoms with Gasteiger partial charge in [-0.1, -0.05) is 48.0 Å². The van der Waals surface area contributed by atoms with E-state index in [9.17, 15) is 0 Å². The molecule has 0 atom stereocenters. The minimum absolute atomic E-state index is 1.13. The van der Waals surface area contributed by atoms with E-state index in [1.807, 2.05) is 0 Å². The molecule has 0 aliphatic heterocycles. The van der Waals surface area contributed by atoms with Gasteiger partial charge in [0.15, 0.2) is 0 Å². The first-order valence-electron chi connectivity index (χ1n) is 19.0. The molecule has 1 nitrogen and oxygen atoms in total. The topological polar surface area (TPSA) is 3.24 Å². The second kappa shape index (κ2) is 15.1. The summed E-state index contributed by atoms with van der Waals surface area (Å²) in [6.07, 6.45) is 0. The quantitative estimate of drug-likeness (QED) is 0.132. The Kier molecular flexibility index (Phi) is 9.46. The van der Waals surface area contributed by atoms with Crippen LogP contribution in [0.25, 0.3) is 33.0 Å². The predicted octanol–water partition coefficient (Wildman–Crippen LogP) is 11.3. The first-order valence-corrected chi connectivity index (χ1v) is 23.2. The van der Waals surface area contributed by atoms with Crippen LogP contribution in [0, 0.1) is 6.92 Å². The van der Waals surface area contributed by atoms with Gasteiger partial charge in [0.05, 0.1) is 0 Å². The van der Waals surface area contributed by atoms with Crippen LogP contribution in [0.5, 0.6) is 0 Å². The van der Waals surface area contributed by atoms with Gasteiger partial charge >= 0.3 is 223 Å². The Balaban J connectivity index is 1.02. The van der Waals surface area contributed by atoms with Crippen LogP contribution in [0.1, 0.15) is 5.56 Å². The summed E-state index contributed by atoms with van der Waals surface area (Å²) in [5.41, 5.74) is 9.49. The molecule has 0 unspecified atom stereocenters. The molecule has 9 aromatic rings. The smallest absolute Gasteiger partial charge is 0.0468 e. The van der Waals surface area contributed by atoms with Crippen LogP contribution in [0.2, 0.25) is 0 Å². The minimum atomic E-state index is -3.28. The average Bonchev–Trinajstić information content (AvgIpc) is 3.26. The van der Waals surface area contributed by atoms with E-state index in [1.54, 1.807) is 0 Å². The summed E-state index contributed by atoms with van der Waals surface area (Å²) in [5.74, 6) is 0. The number of aryl methyl sites for hydroxylation is 1. The van der Waals surface area contributed by atoms with E-state index in [2.05, 4.69) is 242 Å². The zero-order chi connectivity index (χ0) is 37.0. The fraction of sp³-hybridized carbons (Fsp3) is 0.0189. The zero-order valence-corrected chi connectivity index (χ0v) is 33.0. The Morgan fingerprint density at radius 1 is 0.291 bits per heavy atom. The van der Waals surface area contributed by atoms with Crippen molar-refractivity contribution >= 4 is 58.7 Å². The summed E-state index contributed by atoms with van der Waals surface area (Å²) in [6.45, 7) is 2.13. The summed E-state index contributed by atoms with van der Waals surface area (Å²) in [5, 5.41) is 2.47. The van der Waals surface area contributed by atoms with Crippen LogP contribution in [-0.2, 0) is 0 Å². The van der Waals surface area contributed by atoms with Crippen LogP contribution < -0.4 is 22.5 Å². The maximum Gasteiger partial charge on any atom is 0.0468 e. The predicted molar refractivity (Wildman–Crippen MR) is 238 cm³/mol. The molecule has 0 saturated carbocycles. The number of anilines is 3. The third kappa shape index (κ3) is 6.69. The first kappa shape index (κ1) is 34.4. The third-order valence-corrected chi connectivity index (χ3v) is 21.0. The first-order chi connectivity index (χ1) is 27.2. The van der Waals surface area contributed by atoms with Crippen molar-refractivity contribution in [3.8, 4) is 22.3 Å². The van der Waals surface area contributed by atoms with Gasteiger partial charge in [0.2, 0.25) is 0 Å². The number of fused-ring (bicyclic) bond motifs is 1. The van der Waals surface area contributed by atoms with E-state index in [1.165, 1.54) is 56.2 Å². The Labute approximate surface area is 327 Å². The molecule has 262 valence electrons. The molecule has 0 aliphatic carbocycles. The second-order valence-corrected chi connectivity index (χ2v) is 22.2. The van der Waals surface area contributed by atoms with Crippen LogP contribution in [0.3, 0.4) is 0 Å². The van der Waals surface area contributed by atoms with Crippen molar-refractivity contribution in [3.05, 3.63) is 236 Å². The van der Waals surface area contributed by atoms with Crippen LogP contribution in [0.15, 0.2) is 231 Å². The van der Waals surface area contributed by atoms with Crippen LogP contribution in [-0.4, -0.2) is 13.3 Å². The normalized spacial score (nSPS) is 11.4. The summed E-state index contributed by atoms with van der Waals surface area (Å²) < 4.78 is 5.72. The average molecular weight is 765 g/mol. The number of nitrogens with zero attached hydrogens (tertiary/aromatic N) is 1. The number of benzene rings is 9. The molecule has 0 aromatic heterocycles. The van der Waals surface area contributed by atoms with Crippen molar-refractivity contribution in [2.45, 2.75) is 6.92 Å². The second-order valence-electron chi connectivity index (χ2n) is 14.3. The molecule has 0 fully saturated rings. The van der Waals surface area contributed by atoms with Crippen molar-refractivity contribution in [1.29, 1.82) is 0 Å². The van der Waals surface area contributed by atoms with Gasteiger partial charge in [-0.05, 0) is 42.0 Å². The molecule has 2 heteroatoms. The molecule has 0 saturated heterocycles. The number of hydrogen-bond donors (Lipinski definition) is 0. The number of hydrogen-bond acceptors (Lipinski definition) is 1. The van der Waals surface area contributed by atoms with Gasteiger partial charge in [0, 0.05) is 11.4 Å². The summed E-state index contributed by atoms with van der Waals surface area (Å²) in [4.78, 5) is 2.34. The molecule has 0 heterocycles. The molecule has 9 rings (SSSR count). The van der Waals surface area contributed by atoms with Crippen LogP contribution >= 0.6 is 0 Å².